The molecule has 0 bridgehead atoms. The Morgan fingerprint density at radius 3 is 2.82 bits per heavy atom. The van der Waals surface area contributed by atoms with E-state index < -0.39 is 0 Å². The van der Waals surface area contributed by atoms with Gasteiger partial charge in [0.2, 0.25) is 0 Å². The summed E-state index contributed by atoms with van der Waals surface area (Å²) in [5.41, 5.74) is 3.20. The molecular weight excluding hydrogens is 215 g/mol. The van der Waals surface area contributed by atoms with Gasteiger partial charge in [-0.1, -0.05) is 25.1 Å². The summed E-state index contributed by atoms with van der Waals surface area (Å²) in [4.78, 5) is 3.82. The SMILES string of the molecule is CCc1ccccc1NCc1cncc(F)c1. The largest absolute Gasteiger partial charge is 0.381 e. The van der Waals surface area contributed by atoms with E-state index in [0.717, 1.165) is 17.7 Å². The molecule has 1 aromatic heterocycles. The Hall–Kier alpha value is -1.90. The van der Waals surface area contributed by atoms with Crippen LogP contribution in [0.3, 0.4) is 0 Å². The molecule has 2 nitrogen and oxygen atoms in total. The van der Waals surface area contributed by atoms with Gasteiger partial charge in [0, 0.05) is 18.4 Å². The van der Waals surface area contributed by atoms with Crippen LogP contribution in [0.4, 0.5) is 10.1 Å². The Balaban J connectivity index is 2.07. The second kappa shape index (κ2) is 5.43. The van der Waals surface area contributed by atoms with Crippen LogP contribution < -0.4 is 5.32 Å². The van der Waals surface area contributed by atoms with Crippen molar-refractivity contribution in [2.45, 2.75) is 19.9 Å². The van der Waals surface area contributed by atoms with E-state index in [1.54, 1.807) is 6.20 Å². The number of nitrogens with zero attached hydrogens (tertiary/aromatic N) is 1. The van der Waals surface area contributed by atoms with Gasteiger partial charge in [-0.15, -0.1) is 0 Å². The van der Waals surface area contributed by atoms with Gasteiger partial charge in [0.1, 0.15) is 5.82 Å². The molecule has 0 atom stereocenters. The number of benzene rings is 1. The molecule has 0 aliphatic carbocycles. The third-order valence-electron chi connectivity index (χ3n) is 2.64. The van der Waals surface area contributed by atoms with Gasteiger partial charge in [0.15, 0.2) is 0 Å². The van der Waals surface area contributed by atoms with Gasteiger partial charge in [-0.2, -0.15) is 0 Å². The lowest BCUT2D eigenvalue weighted by Gasteiger charge is -2.10. The van der Waals surface area contributed by atoms with Crippen molar-refractivity contribution in [2.24, 2.45) is 0 Å². The molecule has 1 heterocycles. The summed E-state index contributed by atoms with van der Waals surface area (Å²) < 4.78 is 12.9. The zero-order chi connectivity index (χ0) is 12.1. The highest BCUT2D eigenvalue weighted by atomic mass is 19.1. The van der Waals surface area contributed by atoms with Crippen LogP contribution in [0.15, 0.2) is 42.7 Å². The third-order valence-corrected chi connectivity index (χ3v) is 2.64. The van der Waals surface area contributed by atoms with E-state index in [0.29, 0.717) is 6.54 Å². The van der Waals surface area contributed by atoms with E-state index >= 15 is 0 Å². The smallest absolute Gasteiger partial charge is 0.141 e. The minimum atomic E-state index is -0.298. The number of anilines is 1. The van der Waals surface area contributed by atoms with Crippen LogP contribution in [0, 0.1) is 5.82 Å². The van der Waals surface area contributed by atoms with Gasteiger partial charge in [0.05, 0.1) is 6.20 Å². The molecule has 2 rings (SSSR count). The zero-order valence-electron chi connectivity index (χ0n) is 9.78. The lowest BCUT2D eigenvalue weighted by molar-refractivity contribution is 0.619. The van der Waals surface area contributed by atoms with Gasteiger partial charge in [-0.25, -0.2) is 4.39 Å². The third kappa shape index (κ3) is 3.03. The van der Waals surface area contributed by atoms with Crippen molar-refractivity contribution in [2.75, 3.05) is 5.32 Å². The summed E-state index contributed by atoms with van der Waals surface area (Å²) in [5, 5.41) is 3.30. The number of halogens is 1. The highest BCUT2D eigenvalue weighted by molar-refractivity contribution is 5.51. The van der Waals surface area contributed by atoms with Gasteiger partial charge in [-0.3, -0.25) is 4.98 Å². The molecule has 1 aromatic carbocycles. The fourth-order valence-electron chi connectivity index (χ4n) is 1.75. The second-order valence-electron chi connectivity index (χ2n) is 3.88. The van der Waals surface area contributed by atoms with E-state index in [1.807, 2.05) is 18.2 Å². The Bertz CT molecular complexity index is 497. The van der Waals surface area contributed by atoms with Crippen LogP contribution in [0.5, 0.6) is 0 Å². The zero-order valence-corrected chi connectivity index (χ0v) is 9.78. The number of pyridine rings is 1. The molecule has 17 heavy (non-hydrogen) atoms. The van der Waals surface area contributed by atoms with Crippen molar-refractivity contribution in [3.05, 3.63) is 59.7 Å². The molecule has 88 valence electrons. The van der Waals surface area contributed by atoms with Crippen LogP contribution in [0.1, 0.15) is 18.1 Å². The van der Waals surface area contributed by atoms with Crippen molar-refractivity contribution in [1.29, 1.82) is 0 Å². The Kier molecular flexibility index (Phi) is 3.70. The molecule has 0 amide bonds. The summed E-state index contributed by atoms with van der Waals surface area (Å²) >= 11 is 0. The maximum atomic E-state index is 12.9. The van der Waals surface area contributed by atoms with Crippen molar-refractivity contribution in [3.8, 4) is 0 Å². The minimum Gasteiger partial charge on any atom is -0.381 e. The average Bonchev–Trinajstić information content (AvgIpc) is 2.37. The molecule has 1 N–H and O–H groups in total. The second-order valence-corrected chi connectivity index (χ2v) is 3.88. The number of rotatable bonds is 4. The van der Waals surface area contributed by atoms with E-state index in [-0.39, 0.29) is 5.82 Å². The van der Waals surface area contributed by atoms with Crippen LogP contribution in [0.2, 0.25) is 0 Å². The van der Waals surface area contributed by atoms with Crippen LogP contribution >= 0.6 is 0 Å². The summed E-state index contributed by atoms with van der Waals surface area (Å²) in [5.74, 6) is -0.298. The Labute approximate surface area is 101 Å². The molecule has 0 saturated heterocycles. The van der Waals surface area contributed by atoms with E-state index in [4.69, 9.17) is 0 Å². The van der Waals surface area contributed by atoms with E-state index in [9.17, 15) is 4.39 Å². The Morgan fingerprint density at radius 2 is 2.06 bits per heavy atom. The number of hydrogen-bond donors (Lipinski definition) is 1. The fraction of sp³-hybridized carbons (Fsp3) is 0.214. The molecular formula is C14H15FN2. The van der Waals surface area contributed by atoms with Gasteiger partial charge >= 0.3 is 0 Å². The Morgan fingerprint density at radius 1 is 1.24 bits per heavy atom. The minimum absolute atomic E-state index is 0.298. The summed E-state index contributed by atoms with van der Waals surface area (Å²) in [6.07, 6.45) is 3.86. The first-order chi connectivity index (χ1) is 8.29. The molecule has 0 aliphatic heterocycles. The summed E-state index contributed by atoms with van der Waals surface area (Å²) in [6.45, 7) is 2.70. The summed E-state index contributed by atoms with van der Waals surface area (Å²) in [7, 11) is 0. The molecule has 2 aromatic rings. The topological polar surface area (TPSA) is 24.9 Å². The van der Waals surface area contributed by atoms with Crippen molar-refractivity contribution < 1.29 is 4.39 Å². The van der Waals surface area contributed by atoms with Crippen molar-refractivity contribution in [3.63, 3.8) is 0 Å². The molecule has 0 fully saturated rings. The van der Waals surface area contributed by atoms with Crippen molar-refractivity contribution >= 4 is 5.69 Å². The van der Waals surface area contributed by atoms with E-state index in [1.165, 1.54) is 17.8 Å². The van der Waals surface area contributed by atoms with Crippen molar-refractivity contribution in [1.82, 2.24) is 4.98 Å². The molecule has 0 unspecified atom stereocenters. The number of nitrogens with one attached hydrogen (secondary N) is 1. The van der Waals surface area contributed by atoms with Crippen LogP contribution in [-0.4, -0.2) is 4.98 Å². The molecule has 0 spiro atoms. The van der Waals surface area contributed by atoms with Gasteiger partial charge in [-0.05, 0) is 29.7 Å². The predicted octanol–water partition coefficient (Wildman–Crippen LogP) is 3.40. The lowest BCUT2D eigenvalue weighted by Crippen LogP contribution is -2.02. The molecule has 0 radical (unpaired) electrons. The molecule has 0 saturated carbocycles. The predicted molar refractivity (Wildman–Crippen MR) is 67.3 cm³/mol. The molecule has 0 aliphatic rings. The van der Waals surface area contributed by atoms with E-state index in [2.05, 4.69) is 23.3 Å². The lowest BCUT2D eigenvalue weighted by atomic mass is 10.1. The maximum absolute atomic E-state index is 12.9. The average molecular weight is 230 g/mol. The normalized spacial score (nSPS) is 10.2. The number of para-hydroxylation sites is 1. The van der Waals surface area contributed by atoms with Gasteiger partial charge < -0.3 is 5.32 Å². The number of hydrogen-bond acceptors (Lipinski definition) is 2. The standard InChI is InChI=1S/C14H15FN2/c1-2-12-5-3-4-6-14(12)17-9-11-7-13(15)10-16-8-11/h3-8,10,17H,2,9H2,1H3. The first-order valence-electron chi connectivity index (χ1n) is 5.71. The molecule has 3 heteroatoms. The number of aromatic nitrogens is 1. The summed E-state index contributed by atoms with van der Waals surface area (Å²) in [6, 6.07) is 9.63. The fourth-order valence-corrected chi connectivity index (χ4v) is 1.75. The first-order valence-corrected chi connectivity index (χ1v) is 5.71. The quantitative estimate of drug-likeness (QED) is 0.870. The first kappa shape index (κ1) is 11.6. The van der Waals surface area contributed by atoms with Crippen LogP contribution in [0.25, 0.3) is 0 Å². The van der Waals surface area contributed by atoms with Gasteiger partial charge in [0.25, 0.3) is 0 Å². The monoisotopic (exact) mass is 230 g/mol. The maximum Gasteiger partial charge on any atom is 0.141 e. The van der Waals surface area contributed by atoms with Crippen LogP contribution in [-0.2, 0) is 13.0 Å². The highest BCUT2D eigenvalue weighted by Gasteiger charge is 2.00. The highest BCUT2D eigenvalue weighted by Crippen LogP contribution is 2.16. The number of aryl methyl sites for hydroxylation is 1.